The SMILES string of the molecule is CCC1CCC(C#N)(Cc2ccn(C)n2)CC1. The number of hydrogen-bond acceptors (Lipinski definition) is 2. The van der Waals surface area contributed by atoms with Crippen LogP contribution in [0.1, 0.15) is 44.7 Å². The Hall–Kier alpha value is -1.30. The van der Waals surface area contributed by atoms with Crippen LogP contribution in [0.3, 0.4) is 0 Å². The molecule has 17 heavy (non-hydrogen) atoms. The van der Waals surface area contributed by atoms with E-state index in [1.165, 1.54) is 19.3 Å². The van der Waals surface area contributed by atoms with E-state index >= 15 is 0 Å². The summed E-state index contributed by atoms with van der Waals surface area (Å²) in [5.74, 6) is 0.834. The summed E-state index contributed by atoms with van der Waals surface area (Å²) in [5.41, 5.74) is 0.907. The molecule has 2 rings (SSSR count). The highest BCUT2D eigenvalue weighted by Gasteiger charge is 2.35. The average Bonchev–Trinajstić information content (AvgIpc) is 2.75. The molecule has 1 heterocycles. The molecule has 92 valence electrons. The van der Waals surface area contributed by atoms with Crippen molar-refractivity contribution in [3.63, 3.8) is 0 Å². The zero-order valence-electron chi connectivity index (χ0n) is 10.8. The molecule has 0 radical (unpaired) electrons. The Bertz CT molecular complexity index is 405. The standard InChI is InChI=1S/C14H21N3/c1-3-12-4-7-14(11-15,8-5-12)10-13-6-9-17(2)16-13/h6,9,12H,3-5,7-8,10H2,1-2H3. The molecular weight excluding hydrogens is 210 g/mol. The van der Waals surface area contributed by atoms with Crippen molar-refractivity contribution < 1.29 is 0 Å². The first-order valence-electron chi connectivity index (χ1n) is 6.57. The van der Waals surface area contributed by atoms with Crippen molar-refractivity contribution in [2.45, 2.75) is 45.4 Å². The van der Waals surface area contributed by atoms with Crippen LogP contribution in [0.25, 0.3) is 0 Å². The van der Waals surface area contributed by atoms with Gasteiger partial charge in [0, 0.05) is 19.7 Å². The van der Waals surface area contributed by atoms with Crippen molar-refractivity contribution in [2.75, 3.05) is 0 Å². The van der Waals surface area contributed by atoms with Crippen LogP contribution in [0.4, 0.5) is 0 Å². The molecule has 0 bridgehead atoms. The van der Waals surface area contributed by atoms with Gasteiger partial charge in [0.2, 0.25) is 0 Å². The summed E-state index contributed by atoms with van der Waals surface area (Å²) in [6.07, 6.45) is 8.52. The third-order valence-corrected chi connectivity index (χ3v) is 4.17. The quantitative estimate of drug-likeness (QED) is 0.802. The number of nitriles is 1. The van der Waals surface area contributed by atoms with Gasteiger partial charge in [0.15, 0.2) is 0 Å². The molecule has 1 saturated carbocycles. The molecule has 3 nitrogen and oxygen atoms in total. The van der Waals surface area contributed by atoms with Crippen LogP contribution in [0.2, 0.25) is 0 Å². The first kappa shape index (κ1) is 12.2. The van der Waals surface area contributed by atoms with Gasteiger partial charge in [0.05, 0.1) is 17.2 Å². The largest absolute Gasteiger partial charge is 0.276 e. The van der Waals surface area contributed by atoms with Crippen LogP contribution in [-0.4, -0.2) is 9.78 Å². The zero-order chi connectivity index (χ0) is 12.3. The summed E-state index contributed by atoms with van der Waals surface area (Å²) in [5, 5.41) is 13.9. The molecule has 0 saturated heterocycles. The van der Waals surface area contributed by atoms with Crippen LogP contribution in [0.15, 0.2) is 12.3 Å². The maximum absolute atomic E-state index is 9.48. The molecule has 0 atom stereocenters. The Morgan fingerprint density at radius 3 is 2.71 bits per heavy atom. The Balaban J connectivity index is 2.04. The van der Waals surface area contributed by atoms with Gasteiger partial charge < -0.3 is 0 Å². The third kappa shape index (κ3) is 2.69. The van der Waals surface area contributed by atoms with E-state index in [9.17, 15) is 5.26 Å². The van der Waals surface area contributed by atoms with Crippen LogP contribution in [-0.2, 0) is 13.5 Å². The summed E-state index contributed by atoms with van der Waals surface area (Å²) < 4.78 is 1.82. The van der Waals surface area contributed by atoms with Crippen LogP contribution in [0.5, 0.6) is 0 Å². The van der Waals surface area contributed by atoms with E-state index in [0.29, 0.717) is 0 Å². The predicted octanol–water partition coefficient (Wildman–Crippen LogP) is 3.07. The lowest BCUT2D eigenvalue weighted by molar-refractivity contribution is 0.203. The van der Waals surface area contributed by atoms with Gasteiger partial charge in [-0.1, -0.05) is 13.3 Å². The van der Waals surface area contributed by atoms with E-state index in [1.54, 1.807) is 0 Å². The van der Waals surface area contributed by atoms with E-state index in [1.807, 2.05) is 24.0 Å². The molecule has 0 aromatic carbocycles. The average molecular weight is 231 g/mol. The number of hydrogen-bond donors (Lipinski definition) is 0. The monoisotopic (exact) mass is 231 g/mol. The first-order valence-corrected chi connectivity index (χ1v) is 6.57. The molecule has 1 fully saturated rings. The Labute approximate surface area is 103 Å². The minimum Gasteiger partial charge on any atom is -0.276 e. The van der Waals surface area contributed by atoms with Crippen molar-refractivity contribution in [1.29, 1.82) is 5.26 Å². The molecule has 1 aromatic heterocycles. The second-order valence-electron chi connectivity index (χ2n) is 5.40. The highest BCUT2D eigenvalue weighted by atomic mass is 15.2. The van der Waals surface area contributed by atoms with Crippen LogP contribution >= 0.6 is 0 Å². The van der Waals surface area contributed by atoms with E-state index in [2.05, 4.69) is 18.1 Å². The summed E-state index contributed by atoms with van der Waals surface area (Å²) in [6, 6.07) is 4.60. The van der Waals surface area contributed by atoms with Crippen molar-refractivity contribution in [2.24, 2.45) is 18.4 Å². The number of aryl methyl sites for hydroxylation is 1. The maximum Gasteiger partial charge on any atom is 0.0693 e. The summed E-state index contributed by atoms with van der Waals surface area (Å²) in [4.78, 5) is 0. The third-order valence-electron chi connectivity index (χ3n) is 4.17. The first-order chi connectivity index (χ1) is 8.17. The summed E-state index contributed by atoms with van der Waals surface area (Å²) in [7, 11) is 1.93. The zero-order valence-corrected chi connectivity index (χ0v) is 10.8. The van der Waals surface area contributed by atoms with E-state index in [4.69, 9.17) is 0 Å². The highest BCUT2D eigenvalue weighted by molar-refractivity contribution is 5.11. The fourth-order valence-electron chi connectivity index (χ4n) is 2.87. The number of aromatic nitrogens is 2. The maximum atomic E-state index is 9.48. The number of nitrogens with zero attached hydrogens (tertiary/aromatic N) is 3. The Morgan fingerprint density at radius 2 is 2.24 bits per heavy atom. The van der Waals surface area contributed by atoms with Crippen molar-refractivity contribution in [3.8, 4) is 6.07 Å². The summed E-state index contributed by atoms with van der Waals surface area (Å²) >= 11 is 0. The van der Waals surface area contributed by atoms with Crippen molar-refractivity contribution >= 4 is 0 Å². The van der Waals surface area contributed by atoms with Crippen molar-refractivity contribution in [3.05, 3.63) is 18.0 Å². The smallest absolute Gasteiger partial charge is 0.0693 e. The molecule has 0 amide bonds. The van der Waals surface area contributed by atoms with E-state index < -0.39 is 0 Å². The molecule has 1 aromatic rings. The minimum absolute atomic E-state index is 0.153. The Kier molecular flexibility index (Phi) is 3.51. The summed E-state index contributed by atoms with van der Waals surface area (Å²) in [6.45, 7) is 2.25. The molecule has 1 aliphatic carbocycles. The van der Waals surface area contributed by atoms with E-state index in [-0.39, 0.29) is 5.41 Å². The Morgan fingerprint density at radius 1 is 1.53 bits per heavy atom. The van der Waals surface area contributed by atoms with Crippen molar-refractivity contribution in [1.82, 2.24) is 9.78 Å². The van der Waals surface area contributed by atoms with Crippen LogP contribution in [0, 0.1) is 22.7 Å². The fourth-order valence-corrected chi connectivity index (χ4v) is 2.87. The number of rotatable bonds is 3. The van der Waals surface area contributed by atoms with Crippen LogP contribution < -0.4 is 0 Å². The molecule has 1 aliphatic rings. The molecule has 3 heteroatoms. The second kappa shape index (κ2) is 4.91. The molecule has 0 aliphatic heterocycles. The van der Waals surface area contributed by atoms with Gasteiger partial charge in [-0.3, -0.25) is 4.68 Å². The van der Waals surface area contributed by atoms with Gasteiger partial charge in [-0.25, -0.2) is 0 Å². The van der Waals surface area contributed by atoms with Gasteiger partial charge in [-0.2, -0.15) is 10.4 Å². The van der Waals surface area contributed by atoms with Gasteiger partial charge in [-0.15, -0.1) is 0 Å². The van der Waals surface area contributed by atoms with Gasteiger partial charge in [0.1, 0.15) is 0 Å². The lowest BCUT2D eigenvalue weighted by Crippen LogP contribution is -2.28. The normalized spacial score (nSPS) is 28.9. The lowest BCUT2D eigenvalue weighted by Gasteiger charge is -2.34. The van der Waals surface area contributed by atoms with Gasteiger partial charge >= 0.3 is 0 Å². The van der Waals surface area contributed by atoms with Gasteiger partial charge in [-0.05, 0) is 37.7 Å². The second-order valence-corrected chi connectivity index (χ2v) is 5.40. The van der Waals surface area contributed by atoms with Gasteiger partial charge in [0.25, 0.3) is 0 Å². The minimum atomic E-state index is -0.153. The van der Waals surface area contributed by atoms with E-state index in [0.717, 1.165) is 30.9 Å². The molecule has 0 unspecified atom stereocenters. The molecule has 0 spiro atoms. The molecule has 0 N–H and O–H groups in total. The molecular formula is C14H21N3. The topological polar surface area (TPSA) is 41.6 Å². The highest BCUT2D eigenvalue weighted by Crippen LogP contribution is 2.41. The predicted molar refractivity (Wildman–Crippen MR) is 67.2 cm³/mol. The fraction of sp³-hybridized carbons (Fsp3) is 0.714. The lowest BCUT2D eigenvalue weighted by atomic mass is 9.68.